The maximum Gasteiger partial charge on any atom is 0.258 e. The van der Waals surface area contributed by atoms with Crippen molar-refractivity contribution in [3.8, 4) is 0 Å². The van der Waals surface area contributed by atoms with Crippen LogP contribution in [0.5, 0.6) is 0 Å². The summed E-state index contributed by atoms with van der Waals surface area (Å²) in [6, 6.07) is 14.7. The first-order valence-electron chi connectivity index (χ1n) is 11.9. The summed E-state index contributed by atoms with van der Waals surface area (Å²) in [5.41, 5.74) is 4.20. The maximum absolute atomic E-state index is 13.4. The van der Waals surface area contributed by atoms with E-state index >= 15 is 0 Å². The number of hydrogen-bond acceptors (Lipinski definition) is 6. The van der Waals surface area contributed by atoms with Gasteiger partial charge in [-0.1, -0.05) is 18.2 Å². The van der Waals surface area contributed by atoms with Crippen LogP contribution in [0, 0.1) is 6.92 Å². The number of amides is 2. The number of anilines is 1. The molecule has 1 aliphatic rings. The van der Waals surface area contributed by atoms with Crippen molar-refractivity contribution < 1.29 is 9.59 Å². The third-order valence-electron chi connectivity index (χ3n) is 6.22. The molecule has 182 valence electrons. The summed E-state index contributed by atoms with van der Waals surface area (Å²) in [5, 5.41) is 7.57. The highest BCUT2D eigenvalue weighted by Gasteiger charge is 2.36. The molecule has 4 aromatic rings. The Hall–Kier alpha value is -4.40. The number of hydrogen-bond donors (Lipinski definition) is 1. The van der Waals surface area contributed by atoms with E-state index in [9.17, 15) is 9.59 Å². The molecular weight excluding hydrogens is 454 g/mol. The molecule has 1 atom stereocenters. The van der Waals surface area contributed by atoms with Crippen molar-refractivity contribution in [1.29, 1.82) is 0 Å². The van der Waals surface area contributed by atoms with Crippen LogP contribution in [0.2, 0.25) is 0 Å². The Balaban J connectivity index is 1.45. The molecule has 36 heavy (non-hydrogen) atoms. The molecule has 5 rings (SSSR count). The first-order valence-corrected chi connectivity index (χ1v) is 11.9. The minimum absolute atomic E-state index is 0.0993. The van der Waals surface area contributed by atoms with Gasteiger partial charge in [-0.2, -0.15) is 5.10 Å². The van der Waals surface area contributed by atoms with Crippen LogP contribution in [0.4, 0.5) is 5.69 Å². The Labute approximate surface area is 209 Å². The molecule has 2 amide bonds. The molecule has 0 bridgehead atoms. The average Bonchev–Trinajstić information content (AvgIpc) is 3.53. The quantitative estimate of drug-likeness (QED) is 0.450. The topological polar surface area (TPSA) is 106 Å². The van der Waals surface area contributed by atoms with E-state index in [1.807, 2.05) is 51.1 Å². The molecule has 9 heteroatoms. The summed E-state index contributed by atoms with van der Waals surface area (Å²) in [4.78, 5) is 41.2. The number of fused-ring (bicyclic) bond motifs is 1. The smallest absolute Gasteiger partial charge is 0.258 e. The van der Waals surface area contributed by atoms with Crippen LogP contribution in [0.15, 0.2) is 67.3 Å². The van der Waals surface area contributed by atoms with Gasteiger partial charge >= 0.3 is 0 Å². The van der Waals surface area contributed by atoms with E-state index in [0.717, 1.165) is 16.9 Å². The predicted octanol–water partition coefficient (Wildman–Crippen LogP) is 3.68. The molecule has 0 spiro atoms. The Kier molecular flexibility index (Phi) is 6.28. The molecule has 2 aromatic heterocycles. The van der Waals surface area contributed by atoms with Crippen LogP contribution in [0.25, 0.3) is 0 Å². The molecule has 1 aliphatic heterocycles. The maximum atomic E-state index is 13.4. The lowest BCUT2D eigenvalue weighted by molar-refractivity contribution is 0.0949. The number of aromatic nitrogens is 5. The number of aryl methyl sites for hydroxylation is 1. The molecular formula is C27H27N7O2. The third kappa shape index (κ3) is 4.59. The van der Waals surface area contributed by atoms with E-state index in [0.29, 0.717) is 29.2 Å². The van der Waals surface area contributed by atoms with Gasteiger partial charge in [0.05, 0.1) is 30.0 Å². The number of benzene rings is 2. The lowest BCUT2D eigenvalue weighted by atomic mass is 9.98. The van der Waals surface area contributed by atoms with Gasteiger partial charge in [0.25, 0.3) is 11.8 Å². The second kappa shape index (κ2) is 9.69. The average molecular weight is 482 g/mol. The van der Waals surface area contributed by atoms with E-state index in [1.165, 1.54) is 0 Å². The second-order valence-corrected chi connectivity index (χ2v) is 9.12. The fourth-order valence-corrected chi connectivity index (χ4v) is 4.23. The number of rotatable bonds is 6. The fraction of sp³-hybridized carbons (Fsp3) is 0.259. The van der Waals surface area contributed by atoms with Crippen LogP contribution in [-0.4, -0.2) is 43.1 Å². The van der Waals surface area contributed by atoms with Gasteiger partial charge in [0.15, 0.2) is 5.82 Å². The minimum Gasteiger partial charge on any atom is -0.346 e. The van der Waals surface area contributed by atoms with Crippen molar-refractivity contribution in [2.75, 3.05) is 11.4 Å². The molecule has 2 aromatic carbocycles. The predicted molar refractivity (Wildman–Crippen MR) is 135 cm³/mol. The molecule has 0 saturated heterocycles. The van der Waals surface area contributed by atoms with E-state index in [-0.39, 0.29) is 30.3 Å². The summed E-state index contributed by atoms with van der Waals surface area (Å²) in [6.07, 6.45) is 5.03. The Bertz CT molecular complexity index is 1400. The summed E-state index contributed by atoms with van der Waals surface area (Å²) in [7, 11) is 0. The number of nitrogens with one attached hydrogen (secondary N) is 1. The first-order chi connectivity index (χ1) is 17.4. The Morgan fingerprint density at radius 1 is 1.03 bits per heavy atom. The van der Waals surface area contributed by atoms with E-state index in [2.05, 4.69) is 25.4 Å². The minimum atomic E-state index is -0.247. The van der Waals surface area contributed by atoms with Crippen molar-refractivity contribution in [2.24, 2.45) is 0 Å². The zero-order valence-corrected chi connectivity index (χ0v) is 20.4. The molecule has 0 unspecified atom stereocenters. The van der Waals surface area contributed by atoms with Crippen molar-refractivity contribution in [1.82, 2.24) is 30.0 Å². The molecule has 0 aliphatic carbocycles. The monoisotopic (exact) mass is 481 g/mol. The number of nitrogens with zero attached hydrogens (tertiary/aromatic N) is 6. The lowest BCUT2D eigenvalue weighted by Gasteiger charge is -2.18. The normalized spacial score (nSPS) is 14.7. The van der Waals surface area contributed by atoms with Crippen LogP contribution >= 0.6 is 0 Å². The Morgan fingerprint density at radius 3 is 2.53 bits per heavy atom. The molecule has 1 N–H and O–H groups in total. The number of carbonyl (C=O) groups is 2. The van der Waals surface area contributed by atoms with Crippen LogP contribution in [0.1, 0.15) is 69.3 Å². The van der Waals surface area contributed by atoms with E-state index in [1.54, 1.807) is 46.5 Å². The van der Waals surface area contributed by atoms with Crippen molar-refractivity contribution in [3.63, 3.8) is 0 Å². The first kappa shape index (κ1) is 23.3. The third-order valence-corrected chi connectivity index (χ3v) is 6.22. The fourth-order valence-electron chi connectivity index (χ4n) is 4.23. The van der Waals surface area contributed by atoms with Gasteiger partial charge in [-0.05, 0) is 56.7 Å². The highest BCUT2D eigenvalue weighted by atomic mass is 16.2. The summed E-state index contributed by atoms with van der Waals surface area (Å²) >= 11 is 0. The molecule has 0 radical (unpaired) electrons. The number of carbonyl (C=O) groups excluding carboxylic acids is 2. The van der Waals surface area contributed by atoms with Crippen LogP contribution in [0.3, 0.4) is 0 Å². The van der Waals surface area contributed by atoms with Crippen molar-refractivity contribution >= 4 is 17.5 Å². The van der Waals surface area contributed by atoms with E-state index in [4.69, 9.17) is 0 Å². The Morgan fingerprint density at radius 2 is 1.83 bits per heavy atom. The summed E-state index contributed by atoms with van der Waals surface area (Å²) < 4.78 is 1.80. The van der Waals surface area contributed by atoms with Gasteiger partial charge in [0.2, 0.25) is 0 Å². The molecule has 9 nitrogen and oxygen atoms in total. The lowest BCUT2D eigenvalue weighted by Crippen LogP contribution is -2.30. The van der Waals surface area contributed by atoms with Gasteiger partial charge in [0, 0.05) is 35.6 Å². The van der Waals surface area contributed by atoms with Crippen molar-refractivity contribution in [2.45, 2.75) is 39.3 Å². The van der Waals surface area contributed by atoms with Crippen LogP contribution in [-0.2, 0) is 6.54 Å². The van der Waals surface area contributed by atoms with E-state index < -0.39 is 0 Å². The highest BCUT2D eigenvalue weighted by Crippen LogP contribution is 2.40. The zero-order chi connectivity index (χ0) is 25.2. The highest BCUT2D eigenvalue weighted by molar-refractivity contribution is 6.08. The second-order valence-electron chi connectivity index (χ2n) is 9.12. The zero-order valence-electron chi connectivity index (χ0n) is 20.4. The largest absolute Gasteiger partial charge is 0.346 e. The molecule has 3 heterocycles. The van der Waals surface area contributed by atoms with Gasteiger partial charge in [-0.25, -0.2) is 4.98 Å². The van der Waals surface area contributed by atoms with Gasteiger partial charge < -0.3 is 10.2 Å². The van der Waals surface area contributed by atoms with Crippen LogP contribution < -0.4 is 10.2 Å². The molecule has 0 saturated carbocycles. The molecule has 0 fully saturated rings. The SMILES string of the molecule is Cc1cnc(CNC(=O)c2ccc3c(c2)[C@H](c2ncn(C(C)C)n2)CN3C(=O)c2ccccc2)cn1. The summed E-state index contributed by atoms with van der Waals surface area (Å²) in [6.45, 7) is 6.60. The van der Waals surface area contributed by atoms with Gasteiger partial charge in [0.1, 0.15) is 6.33 Å². The van der Waals surface area contributed by atoms with Gasteiger partial charge in [-0.3, -0.25) is 24.2 Å². The van der Waals surface area contributed by atoms with Gasteiger partial charge in [-0.15, -0.1) is 0 Å². The summed E-state index contributed by atoms with van der Waals surface area (Å²) in [5.74, 6) is 0.0504. The standard InChI is InChI=1S/C27H27N7O2/c1-17(2)34-16-31-25(32-34)23-15-33(27(36)19-7-5-4-6-8-19)24-10-9-20(11-22(23)24)26(35)30-14-21-13-28-18(3)12-29-21/h4-13,16-17,23H,14-15H2,1-3H3,(H,30,35)/t23-/m1/s1. The van der Waals surface area contributed by atoms with Crippen molar-refractivity contribution in [3.05, 3.63) is 101 Å².